The highest BCUT2D eigenvalue weighted by Gasteiger charge is 2.26. The average Bonchev–Trinajstić information content (AvgIpc) is 2.37. The van der Waals surface area contributed by atoms with Crippen molar-refractivity contribution in [2.75, 3.05) is 16.6 Å². The molecule has 6 heteroatoms. The third kappa shape index (κ3) is 3.48. The number of rotatable bonds is 5. The molecular formula is C13H16ClNO3S. The smallest absolute Gasteiger partial charge is 0.235 e. The van der Waals surface area contributed by atoms with Gasteiger partial charge in [0.15, 0.2) is 0 Å². The van der Waals surface area contributed by atoms with Gasteiger partial charge in [-0.1, -0.05) is 18.2 Å². The van der Waals surface area contributed by atoms with Gasteiger partial charge in [-0.25, -0.2) is 8.42 Å². The third-order valence-electron chi connectivity index (χ3n) is 3.18. The van der Waals surface area contributed by atoms with Gasteiger partial charge in [0.2, 0.25) is 15.3 Å². The fourth-order valence-corrected chi connectivity index (χ4v) is 4.04. The molecule has 0 aliphatic carbocycles. The number of hydrogen-bond donors (Lipinski definition) is 0. The summed E-state index contributed by atoms with van der Waals surface area (Å²) in [5.74, 6) is -0.0419. The van der Waals surface area contributed by atoms with Gasteiger partial charge in [0.05, 0.1) is 11.4 Å². The molecule has 0 N–H and O–H groups in total. The van der Waals surface area contributed by atoms with E-state index in [2.05, 4.69) is 0 Å². The fourth-order valence-electron chi connectivity index (χ4n) is 2.29. The highest BCUT2D eigenvalue weighted by molar-refractivity contribution is 7.92. The second-order valence-corrected chi connectivity index (χ2v) is 7.01. The molecule has 0 saturated carbocycles. The Labute approximate surface area is 118 Å². The lowest BCUT2D eigenvalue weighted by Gasteiger charge is -2.30. The van der Waals surface area contributed by atoms with E-state index in [1.807, 2.05) is 24.3 Å². The van der Waals surface area contributed by atoms with Crippen LogP contribution in [-0.2, 0) is 21.2 Å². The zero-order valence-corrected chi connectivity index (χ0v) is 12.1. The Morgan fingerprint density at radius 3 is 2.79 bits per heavy atom. The first-order chi connectivity index (χ1) is 9.00. The zero-order chi connectivity index (χ0) is 13.9. The molecule has 1 heterocycles. The van der Waals surface area contributed by atoms with Crippen LogP contribution in [0.5, 0.6) is 0 Å². The molecule has 104 valence electrons. The molecule has 4 nitrogen and oxygen atoms in total. The van der Waals surface area contributed by atoms with E-state index in [0.29, 0.717) is 6.54 Å². The minimum absolute atomic E-state index is 0.0419. The minimum Gasteiger partial charge on any atom is -0.281 e. The molecule has 1 aliphatic heterocycles. The van der Waals surface area contributed by atoms with Crippen LogP contribution in [0, 0.1) is 0 Å². The summed E-state index contributed by atoms with van der Waals surface area (Å²) in [7, 11) is -3.37. The normalized spacial score (nSPS) is 15.1. The van der Waals surface area contributed by atoms with E-state index in [1.54, 1.807) is 0 Å². The van der Waals surface area contributed by atoms with Gasteiger partial charge >= 0.3 is 0 Å². The van der Waals surface area contributed by atoms with Crippen LogP contribution >= 0.6 is 11.6 Å². The Morgan fingerprint density at radius 2 is 2.05 bits per heavy atom. The first kappa shape index (κ1) is 14.3. The second-order valence-electron chi connectivity index (χ2n) is 4.58. The minimum atomic E-state index is -3.37. The van der Waals surface area contributed by atoms with E-state index < -0.39 is 15.3 Å². The first-order valence-electron chi connectivity index (χ1n) is 6.27. The Bertz CT molecular complexity index is 571. The van der Waals surface area contributed by atoms with Crippen LogP contribution in [0.25, 0.3) is 0 Å². The van der Waals surface area contributed by atoms with Crippen molar-refractivity contribution in [1.29, 1.82) is 0 Å². The van der Waals surface area contributed by atoms with Crippen LogP contribution in [0.15, 0.2) is 24.3 Å². The maximum atomic E-state index is 12.3. The molecule has 0 fully saturated rings. The van der Waals surface area contributed by atoms with Gasteiger partial charge in [0.1, 0.15) is 0 Å². The van der Waals surface area contributed by atoms with Gasteiger partial charge in [-0.15, -0.1) is 0 Å². The van der Waals surface area contributed by atoms with Gasteiger partial charge < -0.3 is 0 Å². The molecule has 0 amide bonds. The number of halogens is 1. The second kappa shape index (κ2) is 5.92. The Morgan fingerprint density at radius 1 is 1.32 bits per heavy atom. The molecule has 0 saturated heterocycles. The monoisotopic (exact) mass is 301 g/mol. The Hall–Kier alpha value is -1.07. The fraction of sp³-hybridized carbons (Fsp3) is 0.462. The van der Waals surface area contributed by atoms with Gasteiger partial charge in [0, 0.05) is 13.0 Å². The number of carbonyl (C=O) groups is 1. The summed E-state index contributed by atoms with van der Waals surface area (Å²) >= 11 is 5.23. The number of aryl methyl sites for hydroxylation is 1. The number of anilines is 1. The van der Waals surface area contributed by atoms with E-state index in [1.165, 1.54) is 4.31 Å². The molecule has 1 aromatic rings. The zero-order valence-electron chi connectivity index (χ0n) is 10.5. The summed E-state index contributed by atoms with van der Waals surface area (Å²) < 4.78 is 26.1. The molecule has 1 aliphatic rings. The molecular weight excluding hydrogens is 286 g/mol. The highest BCUT2D eigenvalue weighted by Crippen LogP contribution is 2.29. The van der Waals surface area contributed by atoms with Crippen molar-refractivity contribution in [3.63, 3.8) is 0 Å². The SMILES string of the molecule is O=C(Cl)CCCS(=O)(=O)N1CCCc2ccccc21. The van der Waals surface area contributed by atoms with Crippen molar-refractivity contribution >= 4 is 32.6 Å². The lowest BCUT2D eigenvalue weighted by Crippen LogP contribution is -2.37. The number of hydrogen-bond acceptors (Lipinski definition) is 3. The first-order valence-corrected chi connectivity index (χ1v) is 8.26. The van der Waals surface area contributed by atoms with Crippen molar-refractivity contribution in [2.45, 2.75) is 25.7 Å². The van der Waals surface area contributed by atoms with E-state index in [-0.39, 0.29) is 18.6 Å². The van der Waals surface area contributed by atoms with Gasteiger partial charge in [-0.3, -0.25) is 9.10 Å². The molecule has 19 heavy (non-hydrogen) atoms. The molecule has 1 aromatic carbocycles. The van der Waals surface area contributed by atoms with Crippen molar-refractivity contribution in [3.05, 3.63) is 29.8 Å². The largest absolute Gasteiger partial charge is 0.281 e. The van der Waals surface area contributed by atoms with E-state index >= 15 is 0 Å². The van der Waals surface area contributed by atoms with Gasteiger partial charge in [0.25, 0.3) is 0 Å². The van der Waals surface area contributed by atoms with Crippen molar-refractivity contribution < 1.29 is 13.2 Å². The lowest BCUT2D eigenvalue weighted by molar-refractivity contribution is -0.111. The summed E-state index contributed by atoms with van der Waals surface area (Å²) in [6, 6.07) is 7.55. The van der Waals surface area contributed by atoms with E-state index in [9.17, 15) is 13.2 Å². The van der Waals surface area contributed by atoms with Crippen LogP contribution in [0.2, 0.25) is 0 Å². The Balaban J connectivity index is 2.16. The quantitative estimate of drug-likeness (QED) is 0.784. The lowest BCUT2D eigenvalue weighted by atomic mass is 10.0. The van der Waals surface area contributed by atoms with Crippen molar-refractivity contribution in [1.82, 2.24) is 0 Å². The predicted octanol–water partition coefficient (Wildman–Crippen LogP) is 2.31. The maximum absolute atomic E-state index is 12.3. The predicted molar refractivity (Wildman–Crippen MR) is 76.0 cm³/mol. The Kier molecular flexibility index (Phi) is 4.47. The summed E-state index contributed by atoms with van der Waals surface area (Å²) in [4.78, 5) is 10.7. The average molecular weight is 302 g/mol. The number of sulfonamides is 1. The molecule has 0 bridgehead atoms. The molecule has 0 radical (unpaired) electrons. The number of para-hydroxylation sites is 1. The van der Waals surface area contributed by atoms with Crippen molar-refractivity contribution in [2.24, 2.45) is 0 Å². The summed E-state index contributed by atoms with van der Waals surface area (Å²) in [6.45, 7) is 0.508. The van der Waals surface area contributed by atoms with Crippen LogP contribution in [0.3, 0.4) is 0 Å². The number of carbonyl (C=O) groups excluding carboxylic acids is 1. The summed E-state index contributed by atoms with van der Waals surface area (Å²) in [6.07, 6.45) is 2.09. The number of fused-ring (bicyclic) bond motifs is 1. The van der Waals surface area contributed by atoms with E-state index in [4.69, 9.17) is 11.6 Å². The van der Waals surface area contributed by atoms with Crippen molar-refractivity contribution in [3.8, 4) is 0 Å². The van der Waals surface area contributed by atoms with Crippen LogP contribution in [-0.4, -0.2) is 26.0 Å². The standard InChI is InChI=1S/C13H16ClNO3S/c14-13(16)8-4-10-19(17,18)15-9-3-6-11-5-1-2-7-12(11)15/h1-2,5,7H,3-4,6,8-10H2. The summed E-state index contributed by atoms with van der Waals surface area (Å²) in [5.41, 5.74) is 1.83. The van der Waals surface area contributed by atoms with Crippen LogP contribution in [0.1, 0.15) is 24.8 Å². The molecule has 0 spiro atoms. The third-order valence-corrected chi connectivity index (χ3v) is 5.22. The molecule has 0 atom stereocenters. The molecule has 2 rings (SSSR count). The molecule has 0 unspecified atom stereocenters. The maximum Gasteiger partial charge on any atom is 0.235 e. The van der Waals surface area contributed by atoms with Crippen LogP contribution < -0.4 is 4.31 Å². The van der Waals surface area contributed by atoms with Gasteiger partial charge in [-0.05, 0) is 42.5 Å². The molecule has 0 aromatic heterocycles. The highest BCUT2D eigenvalue weighted by atomic mass is 35.5. The number of benzene rings is 1. The number of nitrogens with zero attached hydrogens (tertiary/aromatic N) is 1. The summed E-state index contributed by atoms with van der Waals surface area (Å²) in [5, 5.41) is -0.491. The van der Waals surface area contributed by atoms with Crippen LogP contribution in [0.4, 0.5) is 5.69 Å². The van der Waals surface area contributed by atoms with Gasteiger partial charge in [-0.2, -0.15) is 0 Å². The topological polar surface area (TPSA) is 54.5 Å². The van der Waals surface area contributed by atoms with E-state index in [0.717, 1.165) is 24.1 Å².